The van der Waals surface area contributed by atoms with Gasteiger partial charge in [-0.3, -0.25) is 0 Å². The molecule has 2 aromatic heterocycles. The molecular weight excluding hydrogens is 887 g/mol. The van der Waals surface area contributed by atoms with Gasteiger partial charge in [-0.25, -0.2) is 15.0 Å². The van der Waals surface area contributed by atoms with Crippen molar-refractivity contribution in [1.82, 2.24) is 15.0 Å². The lowest BCUT2D eigenvalue weighted by atomic mass is 9.95. The second-order valence-corrected chi connectivity index (χ2v) is 18.8. The summed E-state index contributed by atoms with van der Waals surface area (Å²) >= 11 is 0. The molecule has 73 heavy (non-hydrogen) atoms. The lowest BCUT2D eigenvalue weighted by molar-refractivity contribution is 0.669. The summed E-state index contributed by atoms with van der Waals surface area (Å²) in [5.74, 6) is 1.82. The number of aromatic nitrogens is 3. The summed E-state index contributed by atoms with van der Waals surface area (Å²) in [7, 11) is 0. The molecule has 0 spiro atoms. The monoisotopic (exact) mass is 929 g/mol. The van der Waals surface area contributed by atoms with Gasteiger partial charge < -0.3 is 4.42 Å². The summed E-state index contributed by atoms with van der Waals surface area (Å²) < 4.78 is 6.53. The first kappa shape index (κ1) is 42.1. The van der Waals surface area contributed by atoms with Gasteiger partial charge in [0.1, 0.15) is 11.2 Å². The van der Waals surface area contributed by atoms with Crippen LogP contribution < -0.4 is 0 Å². The lowest BCUT2D eigenvalue weighted by Crippen LogP contribution is -2.01. The number of hydrogen-bond donors (Lipinski definition) is 0. The number of benzene rings is 12. The van der Waals surface area contributed by atoms with Crippen molar-refractivity contribution in [2.75, 3.05) is 0 Å². The van der Waals surface area contributed by atoms with Gasteiger partial charge in [0.05, 0.1) is 0 Å². The molecule has 0 saturated heterocycles. The fourth-order valence-electron chi connectivity index (χ4n) is 10.5. The number of nitrogens with zero attached hydrogens (tertiary/aromatic N) is 3. The van der Waals surface area contributed by atoms with Crippen molar-refractivity contribution in [1.29, 1.82) is 0 Å². The van der Waals surface area contributed by atoms with Crippen LogP contribution in [0, 0.1) is 0 Å². The van der Waals surface area contributed by atoms with Gasteiger partial charge in [-0.05, 0) is 143 Å². The zero-order valence-electron chi connectivity index (χ0n) is 39.6. The van der Waals surface area contributed by atoms with Gasteiger partial charge in [0.25, 0.3) is 0 Å². The maximum absolute atomic E-state index is 6.53. The number of furan rings is 1. The third-order valence-electron chi connectivity index (χ3n) is 14.3. The summed E-state index contributed by atoms with van der Waals surface area (Å²) in [6.45, 7) is 0. The number of rotatable bonds is 8. The summed E-state index contributed by atoms with van der Waals surface area (Å²) in [5, 5.41) is 9.09. The van der Waals surface area contributed by atoms with E-state index in [-0.39, 0.29) is 0 Å². The Morgan fingerprint density at radius 2 is 0.671 bits per heavy atom. The quantitative estimate of drug-likeness (QED) is 0.143. The molecule has 0 fully saturated rings. The first-order valence-electron chi connectivity index (χ1n) is 24.7. The fourth-order valence-corrected chi connectivity index (χ4v) is 10.5. The summed E-state index contributed by atoms with van der Waals surface area (Å²) in [5.41, 5.74) is 15.8. The molecule has 340 valence electrons. The van der Waals surface area contributed by atoms with Gasteiger partial charge in [-0.2, -0.15) is 0 Å². The standard InChI is InChI=1S/C69H43N3O/c1-4-13-44(14-5-1)47-23-25-48(26-24-47)52-35-36-64-63(42-52)66-61(21-12-22-65(66)73-64)53-32-27-49-28-33-54(38-56(49)37-53)67-70-68(55-34-31-51-30-29-50-19-10-11-20-60(50)62(51)43-55)72-69(71-67)59-40-57(45-15-6-2-7-16-45)39-58(41-59)46-17-8-3-9-18-46/h1-43H. The average molecular weight is 930 g/mol. The van der Waals surface area contributed by atoms with Crippen LogP contribution in [0.4, 0.5) is 0 Å². The van der Waals surface area contributed by atoms with Crippen molar-refractivity contribution in [2.24, 2.45) is 0 Å². The van der Waals surface area contributed by atoms with Crippen LogP contribution >= 0.6 is 0 Å². The van der Waals surface area contributed by atoms with Crippen LogP contribution in [0.15, 0.2) is 265 Å². The normalized spacial score (nSPS) is 11.6. The van der Waals surface area contributed by atoms with Crippen LogP contribution in [0.1, 0.15) is 0 Å². The van der Waals surface area contributed by atoms with E-state index in [0.717, 1.165) is 99.3 Å². The van der Waals surface area contributed by atoms with Crippen LogP contribution in [0.2, 0.25) is 0 Å². The molecule has 0 amide bonds. The maximum atomic E-state index is 6.53. The second-order valence-electron chi connectivity index (χ2n) is 18.8. The second kappa shape index (κ2) is 17.6. The zero-order valence-corrected chi connectivity index (χ0v) is 39.6. The van der Waals surface area contributed by atoms with E-state index in [0.29, 0.717) is 17.5 Å². The molecule has 0 aliphatic carbocycles. The van der Waals surface area contributed by atoms with Gasteiger partial charge in [0, 0.05) is 27.5 Å². The van der Waals surface area contributed by atoms with Crippen LogP contribution in [0.5, 0.6) is 0 Å². The highest BCUT2D eigenvalue weighted by molar-refractivity contribution is 6.14. The smallest absolute Gasteiger partial charge is 0.164 e. The van der Waals surface area contributed by atoms with Crippen LogP contribution in [-0.2, 0) is 0 Å². The fraction of sp³-hybridized carbons (Fsp3) is 0. The Morgan fingerprint density at radius 1 is 0.219 bits per heavy atom. The van der Waals surface area contributed by atoms with Crippen molar-refractivity contribution in [3.8, 4) is 89.8 Å². The summed E-state index contributed by atoms with van der Waals surface area (Å²) in [6.07, 6.45) is 0. The van der Waals surface area contributed by atoms with Crippen molar-refractivity contribution in [3.63, 3.8) is 0 Å². The minimum absolute atomic E-state index is 0.601. The van der Waals surface area contributed by atoms with Crippen LogP contribution in [0.25, 0.3) is 144 Å². The van der Waals surface area contributed by atoms with Crippen molar-refractivity contribution in [3.05, 3.63) is 261 Å². The molecule has 0 atom stereocenters. The minimum atomic E-state index is 0.601. The van der Waals surface area contributed by atoms with Gasteiger partial charge in [0.15, 0.2) is 17.5 Å². The third-order valence-corrected chi connectivity index (χ3v) is 14.3. The summed E-state index contributed by atoms with van der Waals surface area (Å²) in [6, 6.07) is 92.6. The molecule has 0 bridgehead atoms. The molecule has 4 heteroatoms. The topological polar surface area (TPSA) is 51.8 Å². The SMILES string of the molecule is c1ccc(-c2ccc(-c3ccc4oc5cccc(-c6ccc7ccc(-c8nc(-c9cc(-c%10ccccc%10)cc(-c%10ccccc%10)c9)nc(-c9ccc%10ccc%11ccccc%11c%10c9)n8)cc7c6)c5c4c3)cc2)cc1. The highest BCUT2D eigenvalue weighted by atomic mass is 16.3. The highest BCUT2D eigenvalue weighted by Gasteiger charge is 2.18. The largest absolute Gasteiger partial charge is 0.456 e. The van der Waals surface area contributed by atoms with Crippen LogP contribution in [-0.4, -0.2) is 15.0 Å². The molecule has 14 aromatic rings. The molecule has 0 unspecified atom stereocenters. The zero-order chi connectivity index (χ0) is 48.2. The van der Waals surface area contributed by atoms with E-state index in [1.54, 1.807) is 0 Å². The Bertz CT molecular complexity index is 4350. The molecule has 0 aliphatic heterocycles. The third kappa shape index (κ3) is 7.79. The first-order chi connectivity index (χ1) is 36.1. The van der Waals surface area contributed by atoms with Gasteiger partial charge in [-0.15, -0.1) is 0 Å². The predicted octanol–water partition coefficient (Wildman–Crippen LogP) is 18.6. The molecule has 0 N–H and O–H groups in total. The van der Waals surface area contributed by atoms with Crippen molar-refractivity contribution >= 4 is 54.3 Å². The van der Waals surface area contributed by atoms with E-state index >= 15 is 0 Å². The Labute approximate surface area is 422 Å². The van der Waals surface area contributed by atoms with Crippen LogP contribution in [0.3, 0.4) is 0 Å². The number of hydrogen-bond acceptors (Lipinski definition) is 4. The maximum Gasteiger partial charge on any atom is 0.164 e. The van der Waals surface area contributed by atoms with Gasteiger partial charge in [0.2, 0.25) is 0 Å². The first-order valence-corrected chi connectivity index (χ1v) is 24.7. The molecule has 2 heterocycles. The predicted molar refractivity (Wildman–Crippen MR) is 303 cm³/mol. The molecule has 4 nitrogen and oxygen atoms in total. The van der Waals surface area contributed by atoms with E-state index in [4.69, 9.17) is 19.4 Å². The molecule has 0 aliphatic rings. The Balaban J connectivity index is 0.908. The summed E-state index contributed by atoms with van der Waals surface area (Å²) in [4.78, 5) is 16.0. The van der Waals surface area contributed by atoms with E-state index < -0.39 is 0 Å². The Kier molecular flexibility index (Phi) is 10.1. The molecular formula is C69H43N3O. The highest BCUT2D eigenvalue weighted by Crippen LogP contribution is 2.41. The molecule has 12 aromatic carbocycles. The Hall–Kier alpha value is -9.77. The lowest BCUT2D eigenvalue weighted by Gasteiger charge is -2.13. The average Bonchev–Trinajstić information content (AvgIpc) is 3.85. The van der Waals surface area contributed by atoms with Gasteiger partial charge >= 0.3 is 0 Å². The van der Waals surface area contributed by atoms with E-state index in [9.17, 15) is 0 Å². The molecule has 14 rings (SSSR count). The van der Waals surface area contributed by atoms with E-state index in [1.165, 1.54) is 27.3 Å². The van der Waals surface area contributed by atoms with E-state index in [1.807, 2.05) is 0 Å². The van der Waals surface area contributed by atoms with Crippen molar-refractivity contribution < 1.29 is 4.42 Å². The molecule has 0 radical (unpaired) electrons. The minimum Gasteiger partial charge on any atom is -0.456 e. The van der Waals surface area contributed by atoms with Gasteiger partial charge in [-0.1, -0.05) is 206 Å². The Morgan fingerprint density at radius 3 is 1.34 bits per heavy atom. The van der Waals surface area contributed by atoms with Crippen molar-refractivity contribution in [2.45, 2.75) is 0 Å². The number of fused-ring (bicyclic) bond motifs is 7. The van der Waals surface area contributed by atoms with E-state index in [2.05, 4.69) is 261 Å². The molecule has 0 saturated carbocycles.